The Kier molecular flexibility index (Phi) is 3.91. The van der Waals surface area contributed by atoms with E-state index < -0.39 is 0 Å². The molecule has 2 aliphatic carbocycles. The average molecular weight is 330 g/mol. The van der Waals surface area contributed by atoms with Gasteiger partial charge in [0.15, 0.2) is 0 Å². The highest BCUT2D eigenvalue weighted by atomic mass is 16.6. The Morgan fingerprint density at radius 1 is 1.08 bits per heavy atom. The maximum absolute atomic E-state index is 12.4. The van der Waals surface area contributed by atoms with Crippen LogP contribution in [0, 0.1) is 11.3 Å². The molecule has 1 spiro atoms. The van der Waals surface area contributed by atoms with Gasteiger partial charge >= 0.3 is 5.97 Å². The van der Waals surface area contributed by atoms with Gasteiger partial charge < -0.3 is 9.47 Å². The summed E-state index contributed by atoms with van der Waals surface area (Å²) >= 11 is 0. The number of hydrogen-bond donors (Lipinski definition) is 0. The summed E-state index contributed by atoms with van der Waals surface area (Å²) in [6.07, 6.45) is 13.4. The molecule has 3 nitrogen and oxygen atoms in total. The molecule has 3 fully saturated rings. The molecule has 2 aliphatic heterocycles. The van der Waals surface area contributed by atoms with Gasteiger partial charge in [0, 0.05) is 12.3 Å². The molecule has 0 aromatic heterocycles. The van der Waals surface area contributed by atoms with Crippen molar-refractivity contribution in [3.05, 3.63) is 23.3 Å². The largest absolute Gasteiger partial charge is 0.461 e. The van der Waals surface area contributed by atoms with Gasteiger partial charge in [-0.15, -0.1) is 0 Å². The lowest BCUT2D eigenvalue weighted by Gasteiger charge is -2.21. The summed E-state index contributed by atoms with van der Waals surface area (Å²) in [5, 5.41) is 0. The minimum Gasteiger partial charge on any atom is -0.461 e. The molecule has 0 aromatic carbocycles. The molecular weight excluding hydrogens is 300 g/mol. The zero-order valence-corrected chi connectivity index (χ0v) is 15.3. The summed E-state index contributed by atoms with van der Waals surface area (Å²) in [6.45, 7) is 6.66. The lowest BCUT2D eigenvalue weighted by Crippen LogP contribution is -2.26. The van der Waals surface area contributed by atoms with E-state index in [1.54, 1.807) is 0 Å². The van der Waals surface area contributed by atoms with Crippen LogP contribution in [0.2, 0.25) is 0 Å². The zero-order valence-electron chi connectivity index (χ0n) is 15.3. The van der Waals surface area contributed by atoms with Crippen LogP contribution in [0.3, 0.4) is 0 Å². The first kappa shape index (κ1) is 16.4. The first-order valence-electron chi connectivity index (χ1n) is 9.63. The Morgan fingerprint density at radius 2 is 1.83 bits per heavy atom. The van der Waals surface area contributed by atoms with E-state index in [4.69, 9.17) is 9.47 Å². The van der Waals surface area contributed by atoms with E-state index in [0.717, 1.165) is 51.4 Å². The molecular formula is C21H30O3. The third-order valence-electron chi connectivity index (χ3n) is 6.80. The minimum absolute atomic E-state index is 0.0120. The zero-order chi connectivity index (χ0) is 16.9. The summed E-state index contributed by atoms with van der Waals surface area (Å²) < 4.78 is 11.9. The van der Waals surface area contributed by atoms with E-state index in [2.05, 4.69) is 32.9 Å². The fourth-order valence-electron chi connectivity index (χ4n) is 4.81. The first-order chi connectivity index (χ1) is 11.4. The van der Waals surface area contributed by atoms with E-state index in [9.17, 15) is 4.79 Å². The Bertz CT molecular complexity index is 598. The molecule has 2 heterocycles. The molecule has 4 rings (SSSR count). The van der Waals surface area contributed by atoms with Crippen molar-refractivity contribution < 1.29 is 14.3 Å². The Labute approximate surface area is 145 Å². The number of fused-ring (bicyclic) bond motifs is 3. The van der Waals surface area contributed by atoms with Gasteiger partial charge in [-0.1, -0.05) is 23.3 Å². The highest BCUT2D eigenvalue weighted by Crippen LogP contribution is 2.62. The van der Waals surface area contributed by atoms with Crippen LogP contribution in [0.15, 0.2) is 23.3 Å². The van der Waals surface area contributed by atoms with E-state index >= 15 is 0 Å². The van der Waals surface area contributed by atoms with Crippen molar-refractivity contribution in [1.29, 1.82) is 0 Å². The van der Waals surface area contributed by atoms with Crippen molar-refractivity contribution in [2.24, 2.45) is 11.3 Å². The number of carbonyl (C=O) groups excluding carboxylic acids is 1. The number of allylic oxidation sites excluding steroid dienone is 3. The fraction of sp³-hybridized carbons (Fsp3) is 0.762. The van der Waals surface area contributed by atoms with Crippen LogP contribution in [-0.2, 0) is 14.3 Å². The molecule has 0 amide bonds. The Balaban J connectivity index is 1.56. The molecule has 0 radical (unpaired) electrons. The van der Waals surface area contributed by atoms with Crippen molar-refractivity contribution in [2.45, 2.75) is 89.9 Å². The molecule has 1 saturated carbocycles. The number of rotatable bonds is 0. The van der Waals surface area contributed by atoms with Crippen LogP contribution in [0.4, 0.5) is 0 Å². The van der Waals surface area contributed by atoms with Gasteiger partial charge in [-0.2, -0.15) is 0 Å². The molecule has 24 heavy (non-hydrogen) atoms. The quantitative estimate of drug-likeness (QED) is 0.367. The average Bonchev–Trinajstić information content (AvgIpc) is 3.39. The summed E-state index contributed by atoms with van der Waals surface area (Å²) in [5.74, 6) is 0.412. The van der Waals surface area contributed by atoms with Gasteiger partial charge in [0.05, 0.1) is 17.1 Å². The van der Waals surface area contributed by atoms with Crippen molar-refractivity contribution in [3.8, 4) is 0 Å². The van der Waals surface area contributed by atoms with Crippen molar-refractivity contribution in [3.63, 3.8) is 0 Å². The van der Waals surface area contributed by atoms with Crippen molar-refractivity contribution in [1.82, 2.24) is 0 Å². The lowest BCUT2D eigenvalue weighted by molar-refractivity contribution is -0.145. The lowest BCUT2D eigenvalue weighted by atomic mass is 9.79. The summed E-state index contributed by atoms with van der Waals surface area (Å²) in [5.41, 5.74) is 2.68. The van der Waals surface area contributed by atoms with Crippen molar-refractivity contribution >= 4 is 5.97 Å². The monoisotopic (exact) mass is 330 g/mol. The molecule has 0 N–H and O–H groups in total. The molecule has 4 atom stereocenters. The van der Waals surface area contributed by atoms with Crippen LogP contribution >= 0.6 is 0 Å². The fourth-order valence-corrected chi connectivity index (χ4v) is 4.81. The third-order valence-corrected chi connectivity index (χ3v) is 6.80. The summed E-state index contributed by atoms with van der Waals surface area (Å²) in [4.78, 5) is 12.4. The molecule has 132 valence electrons. The minimum atomic E-state index is -0.161. The van der Waals surface area contributed by atoms with E-state index in [1.165, 1.54) is 11.1 Å². The van der Waals surface area contributed by atoms with Crippen LogP contribution in [0.25, 0.3) is 0 Å². The summed E-state index contributed by atoms with van der Waals surface area (Å²) in [7, 11) is 0. The van der Waals surface area contributed by atoms with Crippen LogP contribution < -0.4 is 0 Å². The third kappa shape index (κ3) is 2.85. The number of esters is 1. The van der Waals surface area contributed by atoms with Gasteiger partial charge in [-0.25, -0.2) is 0 Å². The predicted octanol–water partition coefficient (Wildman–Crippen LogP) is 4.71. The Hall–Kier alpha value is -1.09. The predicted molar refractivity (Wildman–Crippen MR) is 93.5 cm³/mol. The van der Waals surface area contributed by atoms with Crippen molar-refractivity contribution in [2.75, 3.05) is 0 Å². The number of hydrogen-bond acceptors (Lipinski definition) is 3. The van der Waals surface area contributed by atoms with Gasteiger partial charge in [-0.05, 0) is 65.7 Å². The molecule has 0 bridgehead atoms. The normalized spacial score (nSPS) is 41.5. The highest BCUT2D eigenvalue weighted by molar-refractivity contribution is 5.82. The number of carbonyl (C=O) groups is 1. The van der Waals surface area contributed by atoms with Crippen LogP contribution in [0.5, 0.6) is 0 Å². The van der Waals surface area contributed by atoms with Gasteiger partial charge in [0.1, 0.15) is 6.10 Å². The Morgan fingerprint density at radius 3 is 2.58 bits per heavy atom. The number of ether oxygens (including phenoxy) is 2. The summed E-state index contributed by atoms with van der Waals surface area (Å²) in [6, 6.07) is 0. The molecule has 2 saturated heterocycles. The topological polar surface area (TPSA) is 38.8 Å². The molecule has 4 aliphatic rings. The van der Waals surface area contributed by atoms with Crippen LogP contribution in [-0.4, -0.2) is 23.8 Å². The SMILES string of the molecule is CC1=CCCC2(C)OC2CC2C(CC(C)=CCC1)OC(=O)C21CC1. The maximum atomic E-state index is 12.4. The van der Waals surface area contributed by atoms with Crippen LogP contribution in [0.1, 0.15) is 72.1 Å². The molecule has 0 aromatic rings. The van der Waals surface area contributed by atoms with Gasteiger partial charge in [-0.3, -0.25) is 4.79 Å². The molecule has 3 heteroatoms. The highest BCUT2D eigenvalue weighted by Gasteiger charge is 2.66. The number of epoxide rings is 1. The van der Waals surface area contributed by atoms with E-state index in [0.29, 0.717) is 12.0 Å². The van der Waals surface area contributed by atoms with Gasteiger partial charge in [0.25, 0.3) is 0 Å². The van der Waals surface area contributed by atoms with E-state index in [-0.39, 0.29) is 23.1 Å². The van der Waals surface area contributed by atoms with E-state index in [1.807, 2.05) is 0 Å². The second kappa shape index (κ2) is 5.72. The molecule has 4 unspecified atom stereocenters. The maximum Gasteiger partial charge on any atom is 0.312 e. The smallest absolute Gasteiger partial charge is 0.312 e. The second-order valence-corrected chi connectivity index (χ2v) is 8.74. The second-order valence-electron chi connectivity index (χ2n) is 8.74. The first-order valence-corrected chi connectivity index (χ1v) is 9.63. The standard InChI is InChI=1S/C21H30O3/c1-14-6-4-7-15(2)12-17-16(21(10-11-21)19(22)23-17)13-18-20(3,24-18)9-5-8-14/h7-8,16-18H,4-6,9-13H2,1-3H3. The van der Waals surface area contributed by atoms with Gasteiger partial charge in [0.2, 0.25) is 0 Å².